The Labute approximate surface area is 106 Å². The molecule has 1 rings (SSSR count). The summed E-state index contributed by atoms with van der Waals surface area (Å²) in [5.74, 6) is 0.210. The smallest absolute Gasteiger partial charge is 0.223 e. The van der Waals surface area contributed by atoms with E-state index in [-0.39, 0.29) is 18.3 Å². The molecule has 0 saturated carbocycles. The zero-order valence-electron chi connectivity index (χ0n) is 10.3. The topological polar surface area (TPSA) is 64.3 Å². The van der Waals surface area contributed by atoms with E-state index in [1.807, 2.05) is 0 Å². The summed E-state index contributed by atoms with van der Waals surface area (Å²) in [6, 6.07) is 5.72. The summed E-state index contributed by atoms with van der Waals surface area (Å²) < 4.78 is 17.9. The fourth-order valence-electron chi connectivity index (χ4n) is 1.38. The van der Waals surface area contributed by atoms with Gasteiger partial charge < -0.3 is 15.8 Å². The summed E-state index contributed by atoms with van der Waals surface area (Å²) in [4.78, 5) is 11.4. The van der Waals surface area contributed by atoms with Crippen molar-refractivity contribution in [3.8, 4) is 5.75 Å². The van der Waals surface area contributed by atoms with Crippen molar-refractivity contribution < 1.29 is 13.9 Å². The second-order valence-electron chi connectivity index (χ2n) is 3.90. The molecule has 4 nitrogen and oxygen atoms in total. The number of hydrogen-bond acceptors (Lipinski definition) is 3. The van der Waals surface area contributed by atoms with Gasteiger partial charge in [0.05, 0.1) is 13.0 Å². The number of nitrogens with one attached hydrogen (secondary N) is 1. The molecule has 0 unspecified atom stereocenters. The van der Waals surface area contributed by atoms with Crippen LogP contribution in [0.15, 0.2) is 24.3 Å². The largest absolute Gasteiger partial charge is 0.493 e. The molecule has 0 aliphatic rings. The maximum atomic E-state index is 12.6. The molecule has 5 heteroatoms. The van der Waals surface area contributed by atoms with Gasteiger partial charge in [0.2, 0.25) is 5.91 Å². The lowest BCUT2D eigenvalue weighted by molar-refractivity contribution is -0.121. The second-order valence-corrected chi connectivity index (χ2v) is 3.90. The Morgan fingerprint density at radius 2 is 2.00 bits per heavy atom. The lowest BCUT2D eigenvalue weighted by Gasteiger charge is -2.07. The van der Waals surface area contributed by atoms with Crippen LogP contribution in [0.2, 0.25) is 0 Å². The molecule has 100 valence electrons. The summed E-state index contributed by atoms with van der Waals surface area (Å²) in [6.07, 6.45) is 2.09. The monoisotopic (exact) mass is 254 g/mol. The molecule has 0 bridgehead atoms. The van der Waals surface area contributed by atoms with Crippen LogP contribution in [0.3, 0.4) is 0 Å². The van der Waals surface area contributed by atoms with Crippen LogP contribution in [0, 0.1) is 5.82 Å². The Balaban J connectivity index is 2.10. The highest BCUT2D eigenvalue weighted by molar-refractivity contribution is 5.75. The lowest BCUT2D eigenvalue weighted by Crippen LogP contribution is -2.26. The van der Waals surface area contributed by atoms with E-state index in [4.69, 9.17) is 10.5 Å². The van der Waals surface area contributed by atoms with Crippen LogP contribution in [0.4, 0.5) is 4.39 Å². The van der Waals surface area contributed by atoms with Gasteiger partial charge >= 0.3 is 0 Å². The average molecular weight is 254 g/mol. The van der Waals surface area contributed by atoms with Crippen molar-refractivity contribution in [3.05, 3.63) is 30.1 Å². The van der Waals surface area contributed by atoms with Crippen LogP contribution in [0.25, 0.3) is 0 Å². The summed E-state index contributed by atoms with van der Waals surface area (Å²) in [6.45, 7) is 1.57. The molecular weight excluding hydrogens is 235 g/mol. The molecule has 0 atom stereocenters. The molecule has 0 heterocycles. The molecule has 0 saturated heterocycles. The van der Waals surface area contributed by atoms with Crippen molar-refractivity contribution in [3.63, 3.8) is 0 Å². The summed E-state index contributed by atoms with van der Waals surface area (Å²) in [7, 11) is 0. The van der Waals surface area contributed by atoms with Gasteiger partial charge in [-0.15, -0.1) is 0 Å². The molecular formula is C13H19FN2O2. The minimum Gasteiger partial charge on any atom is -0.493 e. The number of rotatable bonds is 8. The minimum absolute atomic E-state index is 0.0471. The number of carbonyl (C=O) groups excluding carboxylic acids is 1. The quantitative estimate of drug-likeness (QED) is 0.690. The van der Waals surface area contributed by atoms with Gasteiger partial charge in [-0.1, -0.05) is 0 Å². The third-order valence-corrected chi connectivity index (χ3v) is 2.36. The van der Waals surface area contributed by atoms with Crippen LogP contribution >= 0.6 is 0 Å². The first-order chi connectivity index (χ1) is 8.72. The third kappa shape index (κ3) is 6.20. The Bertz CT molecular complexity index is 355. The summed E-state index contributed by atoms with van der Waals surface area (Å²) in [5.41, 5.74) is 5.34. The molecule has 1 amide bonds. The van der Waals surface area contributed by atoms with Crippen LogP contribution in [-0.4, -0.2) is 25.6 Å². The van der Waals surface area contributed by atoms with Crippen molar-refractivity contribution in [2.24, 2.45) is 5.73 Å². The highest BCUT2D eigenvalue weighted by Crippen LogP contribution is 2.10. The first-order valence-corrected chi connectivity index (χ1v) is 6.07. The van der Waals surface area contributed by atoms with E-state index in [1.54, 1.807) is 0 Å². The Morgan fingerprint density at radius 1 is 1.28 bits per heavy atom. The van der Waals surface area contributed by atoms with Gasteiger partial charge in [0.25, 0.3) is 0 Å². The number of amides is 1. The zero-order chi connectivity index (χ0) is 13.2. The normalized spacial score (nSPS) is 10.1. The van der Waals surface area contributed by atoms with E-state index in [0.717, 1.165) is 12.8 Å². The predicted molar refractivity (Wildman–Crippen MR) is 67.8 cm³/mol. The number of unbranched alkanes of at least 4 members (excludes halogenated alkanes) is 1. The summed E-state index contributed by atoms with van der Waals surface area (Å²) in [5, 5.41) is 2.78. The third-order valence-electron chi connectivity index (χ3n) is 2.36. The maximum absolute atomic E-state index is 12.6. The van der Waals surface area contributed by atoms with Gasteiger partial charge in [0, 0.05) is 6.54 Å². The molecule has 0 aliphatic carbocycles. The van der Waals surface area contributed by atoms with Crippen molar-refractivity contribution in [2.45, 2.75) is 19.3 Å². The number of hydrogen-bond donors (Lipinski definition) is 2. The van der Waals surface area contributed by atoms with Crippen LogP contribution < -0.4 is 15.8 Å². The minimum atomic E-state index is -0.306. The number of carbonyl (C=O) groups is 1. The van der Waals surface area contributed by atoms with E-state index in [0.29, 0.717) is 25.3 Å². The molecule has 0 fully saturated rings. The highest BCUT2D eigenvalue weighted by Gasteiger charge is 2.01. The Kier molecular flexibility index (Phi) is 6.79. The molecule has 1 aromatic rings. The number of ether oxygens (including phenoxy) is 1. The summed E-state index contributed by atoms with van der Waals surface area (Å²) >= 11 is 0. The number of benzene rings is 1. The standard InChI is InChI=1S/C13H19FN2O2/c14-11-3-5-12(6-4-11)18-10-7-13(17)16-9-2-1-8-15/h3-6H,1-2,7-10,15H2,(H,16,17). The number of halogens is 1. The Morgan fingerprint density at radius 3 is 2.67 bits per heavy atom. The van der Waals surface area contributed by atoms with Crippen molar-refractivity contribution >= 4 is 5.91 Å². The van der Waals surface area contributed by atoms with E-state index in [1.165, 1.54) is 24.3 Å². The van der Waals surface area contributed by atoms with Gasteiger partial charge in [-0.3, -0.25) is 4.79 Å². The first kappa shape index (κ1) is 14.4. The number of nitrogens with two attached hydrogens (primary N) is 1. The fraction of sp³-hybridized carbons (Fsp3) is 0.462. The zero-order valence-corrected chi connectivity index (χ0v) is 10.3. The highest BCUT2D eigenvalue weighted by atomic mass is 19.1. The molecule has 18 heavy (non-hydrogen) atoms. The van der Waals surface area contributed by atoms with Gasteiger partial charge in [0.15, 0.2) is 0 Å². The van der Waals surface area contributed by atoms with Gasteiger partial charge in [-0.05, 0) is 43.7 Å². The van der Waals surface area contributed by atoms with E-state index < -0.39 is 0 Å². The predicted octanol–water partition coefficient (Wildman–Crippen LogP) is 1.45. The van der Waals surface area contributed by atoms with E-state index in [2.05, 4.69) is 5.32 Å². The SMILES string of the molecule is NCCCCNC(=O)CCOc1ccc(F)cc1. The Hall–Kier alpha value is -1.62. The van der Waals surface area contributed by atoms with Crippen molar-refractivity contribution in [1.29, 1.82) is 0 Å². The van der Waals surface area contributed by atoms with Gasteiger partial charge in [-0.25, -0.2) is 4.39 Å². The fourth-order valence-corrected chi connectivity index (χ4v) is 1.38. The van der Waals surface area contributed by atoms with Crippen molar-refractivity contribution in [1.82, 2.24) is 5.32 Å². The van der Waals surface area contributed by atoms with Gasteiger partial charge in [0.1, 0.15) is 11.6 Å². The first-order valence-electron chi connectivity index (χ1n) is 6.07. The van der Waals surface area contributed by atoms with Crippen LogP contribution in [0.5, 0.6) is 5.75 Å². The molecule has 1 aromatic carbocycles. The molecule has 0 spiro atoms. The van der Waals surface area contributed by atoms with Crippen LogP contribution in [-0.2, 0) is 4.79 Å². The maximum Gasteiger partial charge on any atom is 0.223 e. The second kappa shape index (κ2) is 8.47. The van der Waals surface area contributed by atoms with E-state index in [9.17, 15) is 9.18 Å². The molecule has 0 aromatic heterocycles. The lowest BCUT2D eigenvalue weighted by atomic mass is 10.3. The van der Waals surface area contributed by atoms with Crippen LogP contribution in [0.1, 0.15) is 19.3 Å². The molecule has 0 radical (unpaired) electrons. The van der Waals surface area contributed by atoms with E-state index >= 15 is 0 Å². The van der Waals surface area contributed by atoms with Crippen molar-refractivity contribution in [2.75, 3.05) is 19.7 Å². The molecule has 3 N–H and O–H groups in total. The van der Waals surface area contributed by atoms with Gasteiger partial charge in [-0.2, -0.15) is 0 Å². The molecule has 0 aliphatic heterocycles. The average Bonchev–Trinajstić information content (AvgIpc) is 2.37.